The number of rotatable bonds is 6. The molecule has 1 saturated heterocycles. The summed E-state index contributed by atoms with van der Waals surface area (Å²) in [5.41, 5.74) is 1.17. The van der Waals surface area contributed by atoms with Crippen molar-refractivity contribution in [3.05, 3.63) is 64.8 Å². The van der Waals surface area contributed by atoms with Crippen molar-refractivity contribution in [2.45, 2.75) is 44.5 Å². The Morgan fingerprint density at radius 2 is 2.12 bits per heavy atom. The zero-order valence-electron chi connectivity index (χ0n) is 19.3. The van der Waals surface area contributed by atoms with Gasteiger partial charge in [-0.05, 0) is 55.7 Å². The van der Waals surface area contributed by atoms with Crippen molar-refractivity contribution >= 4 is 34.3 Å². The summed E-state index contributed by atoms with van der Waals surface area (Å²) in [6.07, 6.45) is 1.94. The average Bonchev–Trinajstić information content (AvgIpc) is 3.48. The third kappa shape index (κ3) is 4.03. The highest BCUT2D eigenvalue weighted by Gasteiger charge is 2.47. The van der Waals surface area contributed by atoms with Crippen LogP contribution in [0.4, 0.5) is 0 Å². The zero-order chi connectivity index (χ0) is 23.9. The lowest BCUT2D eigenvalue weighted by Crippen LogP contribution is -2.64. The van der Waals surface area contributed by atoms with E-state index in [2.05, 4.69) is 5.32 Å². The second-order valence-corrected chi connectivity index (χ2v) is 9.62. The summed E-state index contributed by atoms with van der Waals surface area (Å²) >= 11 is 6.21. The van der Waals surface area contributed by atoms with Crippen LogP contribution in [0.15, 0.2) is 48.5 Å². The van der Waals surface area contributed by atoms with Crippen molar-refractivity contribution in [2.24, 2.45) is 0 Å². The van der Waals surface area contributed by atoms with Gasteiger partial charge in [-0.2, -0.15) is 0 Å². The Bertz CT molecular complexity index is 1250. The van der Waals surface area contributed by atoms with E-state index in [1.54, 1.807) is 18.1 Å². The van der Waals surface area contributed by atoms with Gasteiger partial charge in [-0.25, -0.2) is 0 Å². The summed E-state index contributed by atoms with van der Waals surface area (Å²) in [7, 11) is 1.61. The van der Waals surface area contributed by atoms with Crippen molar-refractivity contribution in [3.63, 3.8) is 0 Å². The number of methoxy groups -OCH3 is 1. The van der Waals surface area contributed by atoms with Crippen LogP contribution in [0.5, 0.6) is 5.75 Å². The van der Waals surface area contributed by atoms with Crippen LogP contribution in [0.1, 0.15) is 35.8 Å². The molecular formula is C26H28ClN3O4. The molecule has 0 radical (unpaired) electrons. The van der Waals surface area contributed by atoms with Gasteiger partial charge in [-0.1, -0.05) is 23.7 Å². The van der Waals surface area contributed by atoms with Gasteiger partial charge in [0.1, 0.15) is 17.0 Å². The van der Waals surface area contributed by atoms with E-state index in [1.165, 1.54) is 0 Å². The Hall–Kier alpha value is -3.03. The Balaban J connectivity index is 1.54. The van der Waals surface area contributed by atoms with E-state index in [1.807, 2.05) is 54.0 Å². The molecule has 0 unspecified atom stereocenters. The molecule has 2 aliphatic heterocycles. The van der Waals surface area contributed by atoms with Crippen molar-refractivity contribution in [2.75, 3.05) is 20.3 Å². The van der Waals surface area contributed by atoms with Gasteiger partial charge in [0.2, 0.25) is 5.91 Å². The molecule has 1 aromatic heterocycles. The molecule has 34 heavy (non-hydrogen) atoms. The Morgan fingerprint density at radius 3 is 2.85 bits per heavy atom. The minimum Gasteiger partial charge on any atom is -0.497 e. The number of amides is 2. The van der Waals surface area contributed by atoms with Crippen molar-refractivity contribution in [1.82, 2.24) is 14.8 Å². The van der Waals surface area contributed by atoms with Crippen LogP contribution in [-0.2, 0) is 22.6 Å². The topological polar surface area (TPSA) is 72.8 Å². The lowest BCUT2D eigenvalue weighted by Gasteiger charge is -2.44. The van der Waals surface area contributed by atoms with Crippen LogP contribution < -0.4 is 10.1 Å². The number of benzene rings is 2. The van der Waals surface area contributed by atoms with Gasteiger partial charge in [0.05, 0.1) is 25.3 Å². The molecule has 2 aliphatic rings. The van der Waals surface area contributed by atoms with Gasteiger partial charge in [0, 0.05) is 36.2 Å². The van der Waals surface area contributed by atoms with E-state index in [4.69, 9.17) is 21.1 Å². The Labute approximate surface area is 203 Å². The van der Waals surface area contributed by atoms with E-state index in [0.29, 0.717) is 29.6 Å². The van der Waals surface area contributed by atoms with E-state index >= 15 is 0 Å². The number of fused-ring (bicyclic) bond motifs is 3. The van der Waals surface area contributed by atoms with Crippen LogP contribution in [0, 0.1) is 0 Å². The zero-order valence-corrected chi connectivity index (χ0v) is 20.1. The van der Waals surface area contributed by atoms with Crippen LogP contribution in [0.3, 0.4) is 0 Å². The standard InChI is InChI=1S/C26H28ClN3O4/c1-26(25(32)28-14-21-7-4-10-34-21)16-29-22-13-20(33-2)9-8-18(22)12-23(29)24(31)30(26)15-17-5-3-6-19(27)11-17/h3,5-6,8-9,11-13,21H,4,7,10,14-16H2,1-2H3,(H,28,32)/t21-,26-/m1/s1. The monoisotopic (exact) mass is 481 g/mol. The number of nitrogens with one attached hydrogen (secondary N) is 1. The van der Waals surface area contributed by atoms with E-state index in [-0.39, 0.29) is 24.5 Å². The molecule has 8 heteroatoms. The Kier molecular flexibility index (Phi) is 6.00. The minimum atomic E-state index is -1.11. The van der Waals surface area contributed by atoms with Gasteiger partial charge in [0.15, 0.2) is 0 Å². The molecule has 0 spiro atoms. The maximum Gasteiger partial charge on any atom is 0.271 e. The minimum absolute atomic E-state index is 0.0143. The maximum absolute atomic E-state index is 13.8. The highest BCUT2D eigenvalue weighted by atomic mass is 35.5. The number of carbonyl (C=O) groups is 2. The number of halogens is 1. The van der Waals surface area contributed by atoms with Gasteiger partial charge in [-0.3, -0.25) is 9.59 Å². The normalized spacial score (nSPS) is 22.1. The highest BCUT2D eigenvalue weighted by Crippen LogP contribution is 2.35. The highest BCUT2D eigenvalue weighted by molar-refractivity contribution is 6.30. The van der Waals surface area contributed by atoms with Gasteiger partial charge in [0.25, 0.3) is 5.91 Å². The summed E-state index contributed by atoms with van der Waals surface area (Å²) in [5, 5.41) is 4.57. The molecule has 2 aromatic carbocycles. The summed E-state index contributed by atoms with van der Waals surface area (Å²) in [4.78, 5) is 29.2. The quantitative estimate of drug-likeness (QED) is 0.577. The lowest BCUT2D eigenvalue weighted by atomic mass is 9.93. The summed E-state index contributed by atoms with van der Waals surface area (Å²) in [5.74, 6) is 0.302. The first-order valence-corrected chi connectivity index (χ1v) is 11.9. The SMILES string of the molecule is COc1ccc2cc3n(c2c1)C[C@](C)(C(=O)NC[C@H]1CCCO1)N(Cc1cccc(Cl)c1)C3=O. The van der Waals surface area contributed by atoms with Gasteiger partial charge < -0.3 is 24.3 Å². The fraction of sp³-hybridized carbons (Fsp3) is 0.385. The fourth-order valence-corrected chi connectivity index (χ4v) is 5.14. The summed E-state index contributed by atoms with van der Waals surface area (Å²) in [6.45, 7) is 3.57. The van der Waals surface area contributed by atoms with Crippen LogP contribution in [-0.4, -0.2) is 53.2 Å². The largest absolute Gasteiger partial charge is 0.497 e. The number of hydrogen-bond donors (Lipinski definition) is 1. The van der Waals surface area contributed by atoms with Gasteiger partial charge >= 0.3 is 0 Å². The molecule has 1 N–H and O–H groups in total. The predicted molar refractivity (Wildman–Crippen MR) is 130 cm³/mol. The lowest BCUT2D eigenvalue weighted by molar-refractivity contribution is -0.133. The summed E-state index contributed by atoms with van der Waals surface area (Å²) in [6, 6.07) is 15.0. The molecule has 5 rings (SSSR count). The van der Waals surface area contributed by atoms with Crippen molar-refractivity contribution < 1.29 is 19.1 Å². The number of hydrogen-bond acceptors (Lipinski definition) is 4. The fourth-order valence-electron chi connectivity index (χ4n) is 4.93. The number of nitrogens with zero attached hydrogens (tertiary/aromatic N) is 2. The smallest absolute Gasteiger partial charge is 0.271 e. The van der Waals surface area contributed by atoms with E-state index in [0.717, 1.165) is 35.9 Å². The second kappa shape index (κ2) is 8.96. The molecule has 7 nitrogen and oxygen atoms in total. The first-order chi connectivity index (χ1) is 16.4. The third-order valence-corrected chi connectivity index (χ3v) is 7.11. The van der Waals surface area contributed by atoms with E-state index in [9.17, 15) is 9.59 Å². The van der Waals surface area contributed by atoms with Crippen molar-refractivity contribution in [3.8, 4) is 5.75 Å². The maximum atomic E-state index is 13.8. The van der Waals surface area contributed by atoms with Crippen LogP contribution in [0.2, 0.25) is 5.02 Å². The third-order valence-electron chi connectivity index (χ3n) is 6.87. The van der Waals surface area contributed by atoms with Crippen molar-refractivity contribution in [1.29, 1.82) is 0 Å². The molecule has 0 aliphatic carbocycles. The molecule has 0 saturated carbocycles. The Morgan fingerprint density at radius 1 is 1.26 bits per heavy atom. The van der Waals surface area contributed by atoms with Gasteiger partial charge in [-0.15, -0.1) is 0 Å². The van der Waals surface area contributed by atoms with Crippen LogP contribution in [0.25, 0.3) is 10.9 Å². The number of ether oxygens (including phenoxy) is 2. The molecule has 3 aromatic rings. The molecular weight excluding hydrogens is 454 g/mol. The number of carbonyl (C=O) groups excluding carboxylic acids is 2. The second-order valence-electron chi connectivity index (χ2n) is 9.18. The molecule has 2 atom stereocenters. The molecule has 178 valence electrons. The molecule has 2 amide bonds. The molecule has 1 fully saturated rings. The van der Waals surface area contributed by atoms with E-state index < -0.39 is 5.54 Å². The first kappa shape index (κ1) is 22.7. The first-order valence-electron chi connectivity index (χ1n) is 11.5. The molecule has 3 heterocycles. The predicted octanol–water partition coefficient (Wildman–Crippen LogP) is 4.01. The molecule has 0 bridgehead atoms. The number of aromatic nitrogens is 1. The summed E-state index contributed by atoms with van der Waals surface area (Å²) < 4.78 is 13.0. The van der Waals surface area contributed by atoms with Crippen LogP contribution >= 0.6 is 11.6 Å². The average molecular weight is 482 g/mol.